The lowest BCUT2D eigenvalue weighted by Crippen LogP contribution is -2.24. The molecule has 1 atom stereocenters. The molecule has 8 heteroatoms. The van der Waals surface area contributed by atoms with Crippen LogP contribution in [-0.2, 0) is 19.5 Å². The van der Waals surface area contributed by atoms with E-state index in [4.69, 9.17) is 10.2 Å². The Hall–Kier alpha value is -3.33. The second-order valence-corrected chi connectivity index (χ2v) is 8.83. The average molecular weight is 498 g/mol. The van der Waals surface area contributed by atoms with Gasteiger partial charge in [0.2, 0.25) is 0 Å². The number of β-amino-alcohol motifs (C(OH)–C–C–N with tert-alkyl or cyclic N) is 1. The van der Waals surface area contributed by atoms with E-state index in [1.54, 1.807) is 6.07 Å². The van der Waals surface area contributed by atoms with Crippen molar-refractivity contribution < 1.29 is 23.8 Å². The first kappa shape index (κ1) is 27.3. The van der Waals surface area contributed by atoms with Crippen LogP contribution in [0.4, 0.5) is 13.6 Å². The number of benzene rings is 3. The second-order valence-electron chi connectivity index (χ2n) is 8.83. The molecule has 5 N–H and O–H groups in total. The number of amides is 1. The van der Waals surface area contributed by atoms with Crippen LogP contribution in [0.25, 0.3) is 11.1 Å². The topological polar surface area (TPSA) is 93.6 Å². The predicted molar refractivity (Wildman–Crippen MR) is 137 cm³/mol. The fourth-order valence-electron chi connectivity index (χ4n) is 3.88. The number of aliphatic hydroxyl groups excluding tert-OH is 1. The van der Waals surface area contributed by atoms with Crippen LogP contribution >= 0.6 is 0 Å². The summed E-state index contributed by atoms with van der Waals surface area (Å²) in [5.74, 6) is -1.63. The molecule has 36 heavy (non-hydrogen) atoms. The average Bonchev–Trinajstić information content (AvgIpc) is 3.36. The van der Waals surface area contributed by atoms with E-state index in [2.05, 4.69) is 28.1 Å². The minimum atomic E-state index is -0.977. The van der Waals surface area contributed by atoms with Crippen molar-refractivity contribution in [1.29, 1.82) is 0 Å². The number of aliphatic hydroxyl groups is 1. The van der Waals surface area contributed by atoms with Crippen molar-refractivity contribution in [3.8, 4) is 11.1 Å². The van der Waals surface area contributed by atoms with Gasteiger partial charge in [0, 0.05) is 19.6 Å². The number of carbonyl (C=O) groups is 1. The largest absolute Gasteiger partial charge is 0.465 e. The van der Waals surface area contributed by atoms with Crippen molar-refractivity contribution in [2.24, 2.45) is 0 Å². The van der Waals surface area contributed by atoms with Crippen LogP contribution in [0.3, 0.4) is 0 Å². The smallest absolute Gasteiger partial charge is 0.404 e. The maximum Gasteiger partial charge on any atom is 0.404 e. The monoisotopic (exact) mass is 497 g/mol. The summed E-state index contributed by atoms with van der Waals surface area (Å²) in [5.41, 5.74) is 6.39. The molecule has 0 spiro atoms. The Kier molecular flexibility index (Phi) is 10.4. The summed E-state index contributed by atoms with van der Waals surface area (Å²) in [4.78, 5) is 10.3. The fraction of sp³-hybridized carbons (Fsp3) is 0.321. The molecule has 1 amide bonds. The van der Waals surface area contributed by atoms with Crippen molar-refractivity contribution in [1.82, 2.24) is 16.0 Å². The SMILES string of the molecule is Cc1ccc(-c2ccc(F)c(F)c2)cc1.O=C(O)NCc1ccc2c(c1)CCNC2.OC1CCNC1. The molecule has 1 unspecified atom stereocenters. The summed E-state index contributed by atoms with van der Waals surface area (Å²) in [5, 5.41) is 25.9. The minimum absolute atomic E-state index is 0.0648. The molecule has 3 aromatic carbocycles. The lowest BCUT2D eigenvalue weighted by Gasteiger charge is -2.17. The lowest BCUT2D eigenvalue weighted by atomic mass is 9.98. The van der Waals surface area contributed by atoms with Crippen molar-refractivity contribution >= 4 is 6.09 Å². The molecule has 1 fully saturated rings. The van der Waals surface area contributed by atoms with E-state index in [-0.39, 0.29) is 6.10 Å². The number of fused-ring (bicyclic) bond motifs is 1. The zero-order chi connectivity index (χ0) is 25.9. The molecule has 0 aliphatic carbocycles. The van der Waals surface area contributed by atoms with Gasteiger partial charge in [-0.05, 0) is 72.8 Å². The van der Waals surface area contributed by atoms with Crippen LogP contribution in [0.15, 0.2) is 60.7 Å². The van der Waals surface area contributed by atoms with Gasteiger partial charge in [0.15, 0.2) is 11.6 Å². The molecule has 1 saturated heterocycles. The van der Waals surface area contributed by atoms with Crippen LogP contribution in [0.2, 0.25) is 0 Å². The highest BCUT2D eigenvalue weighted by Gasteiger charge is 2.09. The van der Waals surface area contributed by atoms with Crippen LogP contribution in [0.1, 0.15) is 28.7 Å². The third-order valence-corrected chi connectivity index (χ3v) is 5.94. The normalized spacial score (nSPS) is 16.1. The molecule has 3 aromatic rings. The number of nitrogens with one attached hydrogen (secondary N) is 3. The van der Waals surface area contributed by atoms with Gasteiger partial charge in [0.05, 0.1) is 6.10 Å². The summed E-state index contributed by atoms with van der Waals surface area (Å²) < 4.78 is 25.7. The van der Waals surface area contributed by atoms with E-state index >= 15 is 0 Å². The minimum Gasteiger partial charge on any atom is -0.465 e. The van der Waals surface area contributed by atoms with E-state index in [9.17, 15) is 13.6 Å². The molecule has 0 radical (unpaired) electrons. The van der Waals surface area contributed by atoms with Gasteiger partial charge < -0.3 is 26.2 Å². The van der Waals surface area contributed by atoms with Gasteiger partial charge in [-0.15, -0.1) is 0 Å². The number of carboxylic acid groups (broad SMARTS) is 1. The Morgan fingerprint density at radius 1 is 0.944 bits per heavy atom. The van der Waals surface area contributed by atoms with Crippen LogP contribution in [0, 0.1) is 18.6 Å². The van der Waals surface area contributed by atoms with Crippen molar-refractivity contribution in [3.63, 3.8) is 0 Å². The third kappa shape index (κ3) is 8.71. The van der Waals surface area contributed by atoms with E-state index in [1.807, 2.05) is 37.3 Å². The first-order valence-electron chi connectivity index (χ1n) is 12.0. The highest BCUT2D eigenvalue weighted by atomic mass is 19.2. The quantitative estimate of drug-likeness (QED) is 0.370. The Labute approximate surface area is 210 Å². The summed E-state index contributed by atoms with van der Waals surface area (Å²) in [6.07, 6.45) is 0.912. The molecular weight excluding hydrogens is 464 g/mol. The zero-order valence-corrected chi connectivity index (χ0v) is 20.4. The van der Waals surface area contributed by atoms with Gasteiger partial charge in [0.25, 0.3) is 0 Å². The maximum absolute atomic E-state index is 13.0. The molecule has 2 aliphatic rings. The van der Waals surface area contributed by atoms with Gasteiger partial charge in [-0.3, -0.25) is 0 Å². The van der Waals surface area contributed by atoms with E-state index in [1.165, 1.54) is 17.2 Å². The summed E-state index contributed by atoms with van der Waals surface area (Å²) in [6.45, 7) is 6.07. The van der Waals surface area contributed by atoms with Crippen LogP contribution < -0.4 is 16.0 Å². The lowest BCUT2D eigenvalue weighted by molar-refractivity contribution is 0.193. The van der Waals surface area contributed by atoms with Gasteiger partial charge in [-0.25, -0.2) is 13.6 Å². The van der Waals surface area contributed by atoms with Crippen molar-refractivity contribution in [3.05, 3.63) is 94.6 Å². The highest BCUT2D eigenvalue weighted by Crippen LogP contribution is 2.21. The number of halogens is 2. The Balaban J connectivity index is 0.000000164. The Morgan fingerprint density at radius 2 is 1.69 bits per heavy atom. The number of hydrogen-bond donors (Lipinski definition) is 5. The fourth-order valence-corrected chi connectivity index (χ4v) is 3.88. The summed E-state index contributed by atoms with van der Waals surface area (Å²) in [7, 11) is 0. The number of aryl methyl sites for hydroxylation is 1. The Bertz CT molecular complexity index is 1130. The van der Waals surface area contributed by atoms with Crippen LogP contribution in [-0.4, -0.2) is 42.0 Å². The first-order valence-corrected chi connectivity index (χ1v) is 12.0. The van der Waals surface area contributed by atoms with Crippen molar-refractivity contribution in [2.75, 3.05) is 19.6 Å². The molecule has 0 aromatic heterocycles. The summed E-state index contributed by atoms with van der Waals surface area (Å²) in [6, 6.07) is 17.7. The van der Waals surface area contributed by atoms with Crippen LogP contribution in [0.5, 0.6) is 0 Å². The van der Waals surface area contributed by atoms with E-state index < -0.39 is 17.7 Å². The van der Waals surface area contributed by atoms with Gasteiger partial charge >= 0.3 is 6.09 Å². The molecule has 0 saturated carbocycles. The Morgan fingerprint density at radius 3 is 2.31 bits per heavy atom. The first-order chi connectivity index (χ1) is 17.3. The molecule has 5 rings (SSSR count). The molecule has 2 heterocycles. The molecule has 192 valence electrons. The maximum atomic E-state index is 13.0. The van der Waals surface area contributed by atoms with Gasteiger partial charge in [-0.1, -0.05) is 54.1 Å². The molecule has 2 aliphatic heterocycles. The molecular formula is C28H33F2N3O3. The summed E-state index contributed by atoms with van der Waals surface area (Å²) >= 11 is 0. The number of rotatable bonds is 3. The standard InChI is InChI=1S/C13H10F2.C11H14N2O2.C4H9NO/c1-9-2-4-10(5-3-9)11-6-7-12(14)13(15)8-11;14-11(15)13-6-8-1-2-10-7-12-4-3-9(10)5-8;6-4-1-2-5-3-4/h2-8H,1H3;1-2,5,12-13H,3-4,6-7H2,(H,14,15);4-6H,1-3H2. The zero-order valence-electron chi connectivity index (χ0n) is 20.4. The predicted octanol–water partition coefficient (Wildman–Crippen LogP) is 4.38. The van der Waals surface area contributed by atoms with Crippen molar-refractivity contribution in [2.45, 2.75) is 39.0 Å². The van der Waals surface area contributed by atoms with Gasteiger partial charge in [0.1, 0.15) is 0 Å². The second kappa shape index (κ2) is 13.7. The number of hydrogen-bond acceptors (Lipinski definition) is 4. The molecule has 0 bridgehead atoms. The van der Waals surface area contributed by atoms with E-state index in [0.717, 1.165) is 61.8 Å². The third-order valence-electron chi connectivity index (χ3n) is 5.94. The van der Waals surface area contributed by atoms with E-state index in [0.29, 0.717) is 12.1 Å². The highest BCUT2D eigenvalue weighted by molar-refractivity contribution is 5.64. The molecule has 6 nitrogen and oxygen atoms in total. The van der Waals surface area contributed by atoms with Gasteiger partial charge in [-0.2, -0.15) is 0 Å².